The van der Waals surface area contributed by atoms with E-state index in [2.05, 4.69) is 0 Å². The number of sulfone groups is 1. The van der Waals surface area contributed by atoms with E-state index in [9.17, 15) is 8.42 Å². The van der Waals surface area contributed by atoms with Crippen molar-refractivity contribution in [1.82, 2.24) is 0 Å². The zero-order valence-electron chi connectivity index (χ0n) is 10.1. The molecule has 2 nitrogen and oxygen atoms in total. The average Bonchev–Trinajstić information content (AvgIpc) is 2.19. The Morgan fingerprint density at radius 1 is 1.07 bits per heavy atom. The summed E-state index contributed by atoms with van der Waals surface area (Å²) >= 11 is 0. The van der Waals surface area contributed by atoms with Gasteiger partial charge in [-0.15, -0.1) is 0 Å². The molecule has 0 unspecified atom stereocenters. The second-order valence-corrected chi connectivity index (χ2v) is 5.45. The topological polar surface area (TPSA) is 34.1 Å². The van der Waals surface area contributed by atoms with E-state index in [1.165, 1.54) is 6.26 Å². The molecule has 0 bridgehead atoms. The summed E-state index contributed by atoms with van der Waals surface area (Å²) in [5.74, 6) is 0.242. The predicted molar refractivity (Wildman–Crippen MR) is 65.0 cm³/mol. The predicted octanol–water partition coefficient (Wildman–Crippen LogP) is 3.24. The number of rotatable bonds is 2. The molecular weight excluding hydrogens is 208 g/mol. The number of hydrogen-bond acceptors (Lipinski definition) is 2. The van der Waals surface area contributed by atoms with Gasteiger partial charge in [0, 0.05) is 6.26 Å². The third-order valence-electron chi connectivity index (χ3n) is 1.94. The summed E-state index contributed by atoms with van der Waals surface area (Å²) in [6.07, 6.45) is 1.24. The Bertz CT molecular complexity index is 392. The van der Waals surface area contributed by atoms with Crippen LogP contribution in [0.25, 0.3) is 0 Å². The Kier molecular flexibility index (Phi) is 5.58. The molecule has 0 N–H and O–H groups in total. The number of hydrogen-bond donors (Lipinski definition) is 0. The van der Waals surface area contributed by atoms with Gasteiger partial charge in [0.05, 0.1) is 4.90 Å². The van der Waals surface area contributed by atoms with Gasteiger partial charge in [0.2, 0.25) is 0 Å². The minimum Gasteiger partial charge on any atom is -0.224 e. The van der Waals surface area contributed by atoms with Crippen LogP contribution in [0.4, 0.5) is 0 Å². The van der Waals surface area contributed by atoms with Crippen molar-refractivity contribution < 1.29 is 8.42 Å². The van der Waals surface area contributed by atoms with Gasteiger partial charge < -0.3 is 0 Å². The van der Waals surface area contributed by atoms with Crippen molar-refractivity contribution in [3.8, 4) is 0 Å². The molecule has 0 aliphatic rings. The lowest BCUT2D eigenvalue weighted by molar-refractivity contribution is 0.599. The Labute approximate surface area is 93.3 Å². The third kappa shape index (κ3) is 4.04. The Morgan fingerprint density at radius 2 is 1.53 bits per heavy atom. The fourth-order valence-corrected chi connectivity index (χ4v) is 2.35. The van der Waals surface area contributed by atoms with Gasteiger partial charge >= 0.3 is 0 Å². The summed E-state index contributed by atoms with van der Waals surface area (Å²) in [7, 11) is -3.08. The maximum absolute atomic E-state index is 11.4. The first-order chi connectivity index (χ1) is 6.93. The highest BCUT2D eigenvalue weighted by Gasteiger charge is 2.13. The van der Waals surface area contributed by atoms with Crippen molar-refractivity contribution >= 4 is 9.84 Å². The van der Waals surface area contributed by atoms with Crippen LogP contribution in [0.1, 0.15) is 39.2 Å². The molecule has 0 spiro atoms. The van der Waals surface area contributed by atoms with Crippen LogP contribution in [-0.4, -0.2) is 14.7 Å². The zero-order chi connectivity index (χ0) is 12.1. The summed E-state index contributed by atoms with van der Waals surface area (Å²) in [6.45, 7) is 7.98. The minimum absolute atomic E-state index is 0.242. The molecule has 0 saturated heterocycles. The van der Waals surface area contributed by atoms with Crippen molar-refractivity contribution in [2.45, 2.75) is 38.5 Å². The highest BCUT2D eigenvalue weighted by atomic mass is 32.2. The summed E-state index contributed by atoms with van der Waals surface area (Å²) in [4.78, 5) is 0.449. The molecule has 0 radical (unpaired) electrons. The molecule has 0 aliphatic heterocycles. The molecule has 0 heterocycles. The molecule has 1 aromatic rings. The molecule has 0 saturated carbocycles. The van der Waals surface area contributed by atoms with E-state index >= 15 is 0 Å². The van der Waals surface area contributed by atoms with E-state index in [0.717, 1.165) is 5.56 Å². The Morgan fingerprint density at radius 3 is 1.87 bits per heavy atom. The van der Waals surface area contributed by atoms with Crippen molar-refractivity contribution in [2.24, 2.45) is 0 Å². The van der Waals surface area contributed by atoms with Crippen LogP contribution in [-0.2, 0) is 9.84 Å². The van der Waals surface area contributed by atoms with E-state index in [4.69, 9.17) is 0 Å². The van der Waals surface area contributed by atoms with Crippen molar-refractivity contribution in [2.75, 3.05) is 6.26 Å². The lowest BCUT2D eigenvalue weighted by Crippen LogP contribution is -2.03. The second-order valence-electron chi connectivity index (χ2n) is 3.46. The highest BCUT2D eigenvalue weighted by Crippen LogP contribution is 2.22. The lowest BCUT2D eigenvalue weighted by atomic mass is 10.0. The zero-order valence-corrected chi connectivity index (χ0v) is 10.9. The maximum Gasteiger partial charge on any atom is 0.175 e. The van der Waals surface area contributed by atoms with Gasteiger partial charge in [-0.2, -0.15) is 0 Å². The molecule has 15 heavy (non-hydrogen) atoms. The lowest BCUT2D eigenvalue weighted by Gasteiger charge is -2.10. The fourth-order valence-electron chi connectivity index (χ4n) is 1.30. The Hall–Kier alpha value is -0.830. The van der Waals surface area contributed by atoms with E-state index in [-0.39, 0.29) is 5.92 Å². The van der Waals surface area contributed by atoms with Gasteiger partial charge in [-0.25, -0.2) is 8.42 Å². The molecule has 1 rings (SSSR count). The molecule has 1 aromatic carbocycles. The highest BCUT2D eigenvalue weighted by molar-refractivity contribution is 7.90. The van der Waals surface area contributed by atoms with Gasteiger partial charge in [-0.1, -0.05) is 45.9 Å². The normalized spacial score (nSPS) is 10.8. The van der Waals surface area contributed by atoms with Crippen molar-refractivity contribution in [1.29, 1.82) is 0 Å². The van der Waals surface area contributed by atoms with Crippen LogP contribution in [0.2, 0.25) is 0 Å². The van der Waals surface area contributed by atoms with Gasteiger partial charge in [0.15, 0.2) is 9.84 Å². The molecule has 3 heteroatoms. The molecule has 86 valence electrons. The van der Waals surface area contributed by atoms with Crippen molar-refractivity contribution in [3.63, 3.8) is 0 Å². The number of benzene rings is 1. The quantitative estimate of drug-likeness (QED) is 0.778. The van der Waals surface area contributed by atoms with Crippen LogP contribution < -0.4 is 0 Å². The van der Waals surface area contributed by atoms with Crippen LogP contribution in [0.15, 0.2) is 29.2 Å². The van der Waals surface area contributed by atoms with E-state index in [0.29, 0.717) is 4.90 Å². The summed E-state index contributed by atoms with van der Waals surface area (Å²) in [5.41, 5.74) is 0.894. The molecule has 0 aliphatic carbocycles. The monoisotopic (exact) mass is 228 g/mol. The molecule has 0 fully saturated rings. The SMILES string of the molecule is CC.CC(C)c1ccccc1S(C)(=O)=O. The smallest absolute Gasteiger partial charge is 0.175 e. The fraction of sp³-hybridized carbons (Fsp3) is 0.500. The summed E-state index contributed by atoms with van der Waals surface area (Å²) < 4.78 is 22.7. The van der Waals surface area contributed by atoms with Gasteiger partial charge in [-0.05, 0) is 17.5 Å². The molecule has 0 atom stereocenters. The minimum atomic E-state index is -3.08. The van der Waals surface area contributed by atoms with E-state index in [1.54, 1.807) is 12.1 Å². The first kappa shape index (κ1) is 14.2. The first-order valence-corrected chi connectivity index (χ1v) is 7.11. The van der Waals surface area contributed by atoms with Gasteiger partial charge in [0.25, 0.3) is 0 Å². The van der Waals surface area contributed by atoms with Crippen LogP contribution in [0.5, 0.6) is 0 Å². The van der Waals surface area contributed by atoms with Crippen LogP contribution in [0, 0.1) is 0 Å². The van der Waals surface area contributed by atoms with Gasteiger partial charge in [0.1, 0.15) is 0 Å². The summed E-state index contributed by atoms with van der Waals surface area (Å²) in [6, 6.07) is 7.14. The van der Waals surface area contributed by atoms with Gasteiger partial charge in [-0.3, -0.25) is 0 Å². The van der Waals surface area contributed by atoms with Crippen LogP contribution in [0.3, 0.4) is 0 Å². The average molecular weight is 228 g/mol. The van der Waals surface area contributed by atoms with Crippen LogP contribution >= 0.6 is 0 Å². The maximum atomic E-state index is 11.4. The Balaban J connectivity index is 0.000000921. The van der Waals surface area contributed by atoms with E-state index in [1.807, 2.05) is 39.8 Å². The largest absolute Gasteiger partial charge is 0.224 e. The summed E-state index contributed by atoms with van der Waals surface area (Å²) in [5, 5.41) is 0. The first-order valence-electron chi connectivity index (χ1n) is 5.22. The molecular formula is C12H20O2S. The van der Waals surface area contributed by atoms with E-state index < -0.39 is 9.84 Å². The standard InChI is InChI=1S/C10H14O2S.C2H6/c1-8(2)9-6-4-5-7-10(9)13(3,11)12;1-2/h4-8H,1-3H3;1-2H3. The second kappa shape index (κ2) is 5.91. The molecule has 0 aromatic heterocycles. The molecule has 0 amide bonds. The third-order valence-corrected chi connectivity index (χ3v) is 3.11. The van der Waals surface area contributed by atoms with Crippen molar-refractivity contribution in [3.05, 3.63) is 29.8 Å².